The van der Waals surface area contributed by atoms with Gasteiger partial charge in [0.1, 0.15) is 6.54 Å². The van der Waals surface area contributed by atoms with Crippen molar-refractivity contribution in [3.63, 3.8) is 0 Å². The van der Waals surface area contributed by atoms with Crippen LogP contribution in [0.1, 0.15) is 18.5 Å². The third-order valence-corrected chi connectivity index (χ3v) is 4.34. The Morgan fingerprint density at radius 3 is 2.75 bits per heavy atom. The minimum absolute atomic E-state index is 0.161. The molecule has 8 heteroatoms. The van der Waals surface area contributed by atoms with Crippen molar-refractivity contribution < 1.29 is 4.79 Å². The number of hydrogen-bond acceptors (Lipinski definition) is 3. The molecule has 0 saturated heterocycles. The molecule has 0 unspecified atom stereocenters. The van der Waals surface area contributed by atoms with Crippen LogP contribution in [0.15, 0.2) is 47.4 Å². The number of aromatic nitrogens is 3. The molecule has 1 atom stereocenters. The van der Waals surface area contributed by atoms with E-state index in [0.717, 1.165) is 10.2 Å². The fourth-order valence-corrected chi connectivity index (χ4v) is 2.67. The van der Waals surface area contributed by atoms with Gasteiger partial charge in [0.05, 0.1) is 16.1 Å². The van der Waals surface area contributed by atoms with Crippen molar-refractivity contribution in [3.8, 4) is 0 Å². The van der Waals surface area contributed by atoms with E-state index in [0.29, 0.717) is 15.7 Å². The summed E-state index contributed by atoms with van der Waals surface area (Å²) in [6.07, 6.45) is 1.61. The molecule has 24 heavy (non-hydrogen) atoms. The summed E-state index contributed by atoms with van der Waals surface area (Å²) >= 11 is 11.9. The summed E-state index contributed by atoms with van der Waals surface area (Å²) in [4.78, 5) is 24.4. The van der Waals surface area contributed by atoms with Gasteiger partial charge in [0.2, 0.25) is 5.91 Å². The zero-order valence-electron chi connectivity index (χ0n) is 12.7. The standard InChI is InChI=1S/C16H14Cl2N4O2/c1-10(11-5-6-12(17)13(18)8-11)19-15(23)9-22-16(24)21-7-3-2-4-14(21)20-22/h2-8,10H,9H2,1H3,(H,19,23)/t10-/m0/s1. The van der Waals surface area contributed by atoms with Gasteiger partial charge in [-0.15, -0.1) is 5.10 Å². The van der Waals surface area contributed by atoms with Gasteiger partial charge in [-0.2, -0.15) is 0 Å². The topological polar surface area (TPSA) is 68.4 Å². The fourth-order valence-electron chi connectivity index (χ4n) is 2.36. The molecule has 0 radical (unpaired) electrons. The zero-order chi connectivity index (χ0) is 17.3. The molecule has 3 rings (SSSR count). The van der Waals surface area contributed by atoms with Crippen LogP contribution in [0.25, 0.3) is 5.65 Å². The van der Waals surface area contributed by atoms with Crippen molar-refractivity contribution in [2.24, 2.45) is 0 Å². The molecule has 0 aliphatic heterocycles. The third-order valence-electron chi connectivity index (χ3n) is 3.60. The van der Waals surface area contributed by atoms with Crippen LogP contribution < -0.4 is 11.0 Å². The second-order valence-corrected chi connectivity index (χ2v) is 6.15. The first-order chi connectivity index (χ1) is 11.5. The Labute approximate surface area is 147 Å². The monoisotopic (exact) mass is 364 g/mol. The molecule has 2 heterocycles. The van der Waals surface area contributed by atoms with Crippen LogP contribution in [-0.2, 0) is 11.3 Å². The lowest BCUT2D eigenvalue weighted by Crippen LogP contribution is -2.34. The smallest absolute Gasteiger partial charge is 0.348 e. The number of carbonyl (C=O) groups excluding carboxylic acids is 1. The number of carbonyl (C=O) groups is 1. The summed E-state index contributed by atoms with van der Waals surface area (Å²) in [5, 5.41) is 7.82. The van der Waals surface area contributed by atoms with E-state index in [4.69, 9.17) is 23.2 Å². The largest absolute Gasteiger partial charge is 0.350 e. The second kappa shape index (κ2) is 6.67. The van der Waals surface area contributed by atoms with E-state index in [-0.39, 0.29) is 24.2 Å². The van der Waals surface area contributed by atoms with Gasteiger partial charge in [-0.1, -0.05) is 35.3 Å². The molecule has 0 aliphatic carbocycles. The van der Waals surface area contributed by atoms with Crippen molar-refractivity contribution in [3.05, 3.63) is 68.7 Å². The van der Waals surface area contributed by atoms with E-state index < -0.39 is 0 Å². The van der Waals surface area contributed by atoms with Gasteiger partial charge in [0.25, 0.3) is 0 Å². The summed E-state index contributed by atoms with van der Waals surface area (Å²) in [5.41, 5.74) is 0.955. The number of fused-ring (bicyclic) bond motifs is 1. The lowest BCUT2D eigenvalue weighted by atomic mass is 10.1. The van der Waals surface area contributed by atoms with E-state index in [9.17, 15) is 9.59 Å². The number of nitrogens with zero attached hydrogens (tertiary/aromatic N) is 3. The van der Waals surface area contributed by atoms with Gasteiger partial charge in [-0.3, -0.25) is 9.20 Å². The summed E-state index contributed by atoms with van der Waals surface area (Å²) in [5.74, 6) is -0.320. The van der Waals surface area contributed by atoms with E-state index in [1.807, 2.05) is 6.92 Å². The van der Waals surface area contributed by atoms with Crippen molar-refractivity contribution in [1.82, 2.24) is 19.5 Å². The lowest BCUT2D eigenvalue weighted by molar-refractivity contribution is -0.122. The quantitative estimate of drug-likeness (QED) is 0.773. The number of benzene rings is 1. The number of halogens is 2. The van der Waals surface area contributed by atoms with Crippen LogP contribution in [-0.4, -0.2) is 20.1 Å². The fraction of sp³-hybridized carbons (Fsp3) is 0.188. The number of rotatable bonds is 4. The highest BCUT2D eigenvalue weighted by molar-refractivity contribution is 6.42. The summed E-state index contributed by atoms with van der Waals surface area (Å²) in [7, 11) is 0. The Hall–Kier alpha value is -2.31. The minimum Gasteiger partial charge on any atom is -0.348 e. The van der Waals surface area contributed by atoms with Gasteiger partial charge >= 0.3 is 5.69 Å². The molecular weight excluding hydrogens is 351 g/mol. The number of amides is 1. The number of hydrogen-bond donors (Lipinski definition) is 1. The Balaban J connectivity index is 1.73. The normalized spacial score (nSPS) is 12.3. The number of pyridine rings is 1. The molecule has 6 nitrogen and oxygen atoms in total. The summed E-state index contributed by atoms with van der Waals surface area (Å²) in [6.45, 7) is 1.66. The zero-order valence-corrected chi connectivity index (χ0v) is 14.3. The predicted molar refractivity (Wildman–Crippen MR) is 92.5 cm³/mol. The minimum atomic E-state index is -0.358. The van der Waals surface area contributed by atoms with Crippen LogP contribution in [0.2, 0.25) is 10.0 Å². The SMILES string of the molecule is C[C@H](NC(=O)Cn1nc2ccccn2c1=O)c1ccc(Cl)c(Cl)c1. The molecule has 0 bridgehead atoms. The van der Waals surface area contributed by atoms with Crippen molar-refractivity contribution >= 4 is 34.8 Å². The van der Waals surface area contributed by atoms with Crippen molar-refractivity contribution in [2.45, 2.75) is 19.5 Å². The van der Waals surface area contributed by atoms with Gasteiger partial charge in [-0.05, 0) is 36.8 Å². The molecule has 3 aromatic rings. The average Bonchev–Trinajstić information content (AvgIpc) is 2.86. The number of nitrogens with one attached hydrogen (secondary N) is 1. The predicted octanol–water partition coefficient (Wildman–Crippen LogP) is 2.68. The molecule has 1 aromatic carbocycles. The lowest BCUT2D eigenvalue weighted by Gasteiger charge is -2.14. The summed E-state index contributed by atoms with van der Waals surface area (Å²) in [6, 6.07) is 10.1. The maximum atomic E-state index is 12.2. The van der Waals surface area contributed by atoms with Crippen molar-refractivity contribution in [1.29, 1.82) is 0 Å². The van der Waals surface area contributed by atoms with Crippen molar-refractivity contribution in [2.75, 3.05) is 0 Å². The molecule has 2 aromatic heterocycles. The molecule has 0 fully saturated rings. The van der Waals surface area contributed by atoms with Gasteiger partial charge < -0.3 is 5.32 Å². The van der Waals surface area contributed by atoms with Crippen LogP contribution in [0.3, 0.4) is 0 Å². The Morgan fingerprint density at radius 2 is 2.04 bits per heavy atom. The molecule has 0 spiro atoms. The maximum Gasteiger partial charge on any atom is 0.350 e. The molecule has 124 valence electrons. The first-order valence-electron chi connectivity index (χ1n) is 7.24. The van der Waals surface area contributed by atoms with E-state index in [1.54, 1.807) is 42.6 Å². The van der Waals surface area contributed by atoms with Gasteiger partial charge in [-0.25, -0.2) is 9.48 Å². The van der Waals surface area contributed by atoms with E-state index in [2.05, 4.69) is 10.4 Å². The Morgan fingerprint density at radius 1 is 1.25 bits per heavy atom. The highest BCUT2D eigenvalue weighted by Crippen LogP contribution is 2.25. The van der Waals surface area contributed by atoms with Crippen LogP contribution in [0, 0.1) is 0 Å². The molecule has 1 N–H and O–H groups in total. The van der Waals surface area contributed by atoms with Crippen LogP contribution in [0.5, 0.6) is 0 Å². The third kappa shape index (κ3) is 3.29. The average molecular weight is 365 g/mol. The highest BCUT2D eigenvalue weighted by Gasteiger charge is 2.14. The highest BCUT2D eigenvalue weighted by atomic mass is 35.5. The summed E-state index contributed by atoms with van der Waals surface area (Å²) < 4.78 is 2.52. The molecule has 0 aliphatic rings. The van der Waals surface area contributed by atoms with Gasteiger partial charge in [0.15, 0.2) is 5.65 Å². The van der Waals surface area contributed by atoms with Crippen LogP contribution >= 0.6 is 23.2 Å². The van der Waals surface area contributed by atoms with E-state index >= 15 is 0 Å². The molecule has 0 saturated carbocycles. The second-order valence-electron chi connectivity index (χ2n) is 5.33. The molecular formula is C16H14Cl2N4O2. The molecule has 1 amide bonds. The van der Waals surface area contributed by atoms with E-state index in [1.165, 1.54) is 4.40 Å². The Kier molecular flexibility index (Phi) is 4.59. The van der Waals surface area contributed by atoms with Crippen LogP contribution in [0.4, 0.5) is 0 Å². The maximum absolute atomic E-state index is 12.2. The first-order valence-corrected chi connectivity index (χ1v) is 8.00. The Bertz CT molecular complexity index is 964. The van der Waals surface area contributed by atoms with Gasteiger partial charge in [0, 0.05) is 6.20 Å². The first kappa shape index (κ1) is 16.5.